The molecule has 0 aliphatic heterocycles. The first-order valence-corrected chi connectivity index (χ1v) is 9.47. The Morgan fingerprint density at radius 1 is 0.862 bits per heavy atom. The van der Waals surface area contributed by atoms with Gasteiger partial charge in [0.25, 0.3) is 0 Å². The smallest absolute Gasteiger partial charge is 0.181 e. The lowest BCUT2D eigenvalue weighted by Crippen LogP contribution is -2.08. The van der Waals surface area contributed by atoms with Crippen molar-refractivity contribution in [3.8, 4) is 22.5 Å². The summed E-state index contributed by atoms with van der Waals surface area (Å²) in [4.78, 5) is 16.4. The lowest BCUT2D eigenvalue weighted by molar-refractivity contribution is -0.117. The summed E-state index contributed by atoms with van der Waals surface area (Å²) in [7, 11) is 0. The van der Waals surface area contributed by atoms with Gasteiger partial charge in [-0.15, -0.1) is 0 Å². The molecular formula is C24H21N3O2. The van der Waals surface area contributed by atoms with Crippen LogP contribution in [0.4, 0.5) is 0 Å². The molecule has 2 heterocycles. The van der Waals surface area contributed by atoms with Crippen molar-refractivity contribution < 1.29 is 9.21 Å². The molecule has 2 aromatic carbocycles. The molecule has 0 N–H and O–H groups in total. The first kappa shape index (κ1) is 18.7. The van der Waals surface area contributed by atoms with Crippen LogP contribution in [0.25, 0.3) is 22.5 Å². The Labute approximate surface area is 169 Å². The fraction of sp³-hybridized carbons (Fsp3) is 0.167. The SMILES string of the molecule is Cc1cnncc1CC(=O)Cc1ccc(-c2cc(-c3cnco3)ccc2C)cc1. The number of benzene rings is 2. The van der Waals surface area contributed by atoms with Crippen molar-refractivity contribution in [3.63, 3.8) is 0 Å². The maximum Gasteiger partial charge on any atom is 0.181 e. The number of aromatic nitrogens is 3. The first-order chi connectivity index (χ1) is 14.1. The average molecular weight is 383 g/mol. The monoisotopic (exact) mass is 383 g/mol. The fourth-order valence-corrected chi connectivity index (χ4v) is 3.34. The second kappa shape index (κ2) is 8.19. The van der Waals surface area contributed by atoms with E-state index in [4.69, 9.17) is 4.42 Å². The van der Waals surface area contributed by atoms with E-state index in [1.807, 2.05) is 25.1 Å². The number of carbonyl (C=O) groups excluding carboxylic acids is 1. The van der Waals surface area contributed by atoms with Crippen LogP contribution in [0.5, 0.6) is 0 Å². The Hall–Kier alpha value is -3.60. The molecule has 0 unspecified atom stereocenters. The number of nitrogens with zero attached hydrogens (tertiary/aromatic N) is 3. The number of oxazole rings is 1. The van der Waals surface area contributed by atoms with Crippen molar-refractivity contribution >= 4 is 5.78 Å². The maximum atomic E-state index is 12.5. The van der Waals surface area contributed by atoms with E-state index in [0.29, 0.717) is 12.8 Å². The van der Waals surface area contributed by atoms with Crippen molar-refractivity contribution in [3.05, 3.63) is 89.7 Å². The van der Waals surface area contributed by atoms with E-state index in [1.54, 1.807) is 18.6 Å². The predicted octanol–water partition coefficient (Wildman–Crippen LogP) is 4.77. The van der Waals surface area contributed by atoms with Crippen LogP contribution in [-0.4, -0.2) is 21.0 Å². The number of hydrogen-bond donors (Lipinski definition) is 0. The molecule has 0 bridgehead atoms. The van der Waals surface area contributed by atoms with Gasteiger partial charge in [-0.2, -0.15) is 10.2 Å². The summed E-state index contributed by atoms with van der Waals surface area (Å²) < 4.78 is 5.41. The van der Waals surface area contributed by atoms with Crippen LogP contribution in [0, 0.1) is 13.8 Å². The van der Waals surface area contributed by atoms with E-state index >= 15 is 0 Å². The van der Waals surface area contributed by atoms with Crippen LogP contribution in [0.1, 0.15) is 22.3 Å². The van der Waals surface area contributed by atoms with Gasteiger partial charge in [0.15, 0.2) is 12.2 Å². The highest BCUT2D eigenvalue weighted by Gasteiger charge is 2.10. The molecule has 4 aromatic rings. The minimum absolute atomic E-state index is 0.164. The van der Waals surface area contributed by atoms with Gasteiger partial charge < -0.3 is 4.42 Å². The quantitative estimate of drug-likeness (QED) is 0.480. The summed E-state index contributed by atoms with van der Waals surface area (Å²) in [6.07, 6.45) is 7.28. The van der Waals surface area contributed by atoms with Crippen molar-refractivity contribution in [2.45, 2.75) is 26.7 Å². The number of ketones is 1. The highest BCUT2D eigenvalue weighted by Crippen LogP contribution is 2.29. The zero-order valence-corrected chi connectivity index (χ0v) is 16.4. The molecule has 0 spiro atoms. The number of aryl methyl sites for hydroxylation is 2. The van der Waals surface area contributed by atoms with E-state index in [1.165, 1.54) is 12.0 Å². The molecule has 0 saturated heterocycles. The summed E-state index contributed by atoms with van der Waals surface area (Å²) in [5.41, 5.74) is 7.33. The highest BCUT2D eigenvalue weighted by molar-refractivity contribution is 5.83. The Morgan fingerprint density at radius 2 is 1.62 bits per heavy atom. The molecule has 29 heavy (non-hydrogen) atoms. The number of rotatable bonds is 6. The van der Waals surface area contributed by atoms with Crippen molar-refractivity contribution in [2.24, 2.45) is 0 Å². The normalized spacial score (nSPS) is 10.8. The standard InChI is InChI=1S/C24H21N3O2/c1-16-3-6-20(24-14-25-15-29-24)11-23(16)19-7-4-18(5-8-19)9-22(28)10-21-13-27-26-12-17(21)2/h3-8,11-15H,9-10H2,1-2H3. The Morgan fingerprint density at radius 3 is 2.34 bits per heavy atom. The molecule has 0 atom stereocenters. The van der Waals surface area contributed by atoms with Crippen LogP contribution in [-0.2, 0) is 17.6 Å². The average Bonchev–Trinajstić information content (AvgIpc) is 3.26. The zero-order chi connectivity index (χ0) is 20.2. The number of hydrogen-bond acceptors (Lipinski definition) is 5. The molecule has 0 aliphatic rings. The lowest BCUT2D eigenvalue weighted by atomic mass is 9.95. The third-order valence-electron chi connectivity index (χ3n) is 5.05. The Balaban J connectivity index is 1.50. The van der Waals surface area contributed by atoms with E-state index < -0.39 is 0 Å². The van der Waals surface area contributed by atoms with E-state index in [-0.39, 0.29) is 5.78 Å². The van der Waals surface area contributed by atoms with Gasteiger partial charge in [0.2, 0.25) is 0 Å². The minimum atomic E-state index is 0.164. The number of Topliss-reactive ketones (excluding diaryl/α,β-unsaturated/α-hetero) is 1. The molecule has 0 saturated carbocycles. The minimum Gasteiger partial charge on any atom is -0.444 e. The summed E-state index contributed by atoms with van der Waals surface area (Å²) >= 11 is 0. The third-order valence-corrected chi connectivity index (χ3v) is 5.05. The van der Waals surface area contributed by atoms with Crippen LogP contribution in [0.2, 0.25) is 0 Å². The molecular weight excluding hydrogens is 362 g/mol. The molecule has 2 aromatic heterocycles. The number of carbonyl (C=O) groups is 1. The Bertz CT molecular complexity index is 1130. The lowest BCUT2D eigenvalue weighted by Gasteiger charge is -2.09. The van der Waals surface area contributed by atoms with Crippen molar-refractivity contribution in [1.29, 1.82) is 0 Å². The molecule has 5 heteroatoms. The zero-order valence-electron chi connectivity index (χ0n) is 16.4. The summed E-state index contributed by atoms with van der Waals surface area (Å²) in [5, 5.41) is 7.71. The van der Waals surface area contributed by atoms with Crippen molar-refractivity contribution in [1.82, 2.24) is 15.2 Å². The molecule has 0 radical (unpaired) electrons. The maximum absolute atomic E-state index is 12.5. The summed E-state index contributed by atoms with van der Waals surface area (Å²) in [6.45, 7) is 4.03. The van der Waals surface area contributed by atoms with Crippen LogP contribution in [0.15, 0.2) is 71.9 Å². The van der Waals surface area contributed by atoms with Gasteiger partial charge in [-0.1, -0.05) is 36.4 Å². The van der Waals surface area contributed by atoms with Crippen LogP contribution >= 0.6 is 0 Å². The second-order valence-electron chi connectivity index (χ2n) is 7.18. The molecule has 144 valence electrons. The largest absolute Gasteiger partial charge is 0.444 e. The first-order valence-electron chi connectivity index (χ1n) is 9.47. The summed E-state index contributed by atoms with van der Waals surface area (Å²) in [6, 6.07) is 14.4. The van der Waals surface area contributed by atoms with E-state index in [2.05, 4.69) is 46.4 Å². The van der Waals surface area contributed by atoms with Gasteiger partial charge in [0.05, 0.1) is 18.6 Å². The van der Waals surface area contributed by atoms with Crippen LogP contribution in [0.3, 0.4) is 0 Å². The second-order valence-corrected chi connectivity index (χ2v) is 7.18. The highest BCUT2D eigenvalue weighted by atomic mass is 16.3. The fourth-order valence-electron chi connectivity index (χ4n) is 3.34. The van der Waals surface area contributed by atoms with Crippen LogP contribution < -0.4 is 0 Å². The van der Waals surface area contributed by atoms with Gasteiger partial charge in [0.1, 0.15) is 5.78 Å². The van der Waals surface area contributed by atoms with Gasteiger partial charge in [-0.25, -0.2) is 4.98 Å². The van der Waals surface area contributed by atoms with Gasteiger partial charge >= 0.3 is 0 Å². The van der Waals surface area contributed by atoms with Gasteiger partial charge in [-0.3, -0.25) is 4.79 Å². The molecule has 0 fully saturated rings. The molecule has 4 rings (SSSR count). The third kappa shape index (κ3) is 4.29. The molecule has 0 aliphatic carbocycles. The predicted molar refractivity (Wildman–Crippen MR) is 111 cm³/mol. The molecule has 0 amide bonds. The topological polar surface area (TPSA) is 68.9 Å². The van der Waals surface area contributed by atoms with E-state index in [0.717, 1.165) is 39.1 Å². The van der Waals surface area contributed by atoms with Crippen molar-refractivity contribution in [2.75, 3.05) is 0 Å². The van der Waals surface area contributed by atoms with E-state index in [9.17, 15) is 4.79 Å². The Kier molecular flexibility index (Phi) is 5.29. The molecule has 5 nitrogen and oxygen atoms in total. The van der Waals surface area contributed by atoms with Gasteiger partial charge in [0, 0.05) is 18.4 Å². The van der Waals surface area contributed by atoms with Gasteiger partial charge in [-0.05, 0) is 53.3 Å². The summed E-state index contributed by atoms with van der Waals surface area (Å²) in [5.74, 6) is 0.909.